The molecule has 1 atom stereocenters. The number of ether oxygens (including phenoxy) is 2. The number of likely N-dealkylation sites (tertiary alicyclic amines) is 1. The summed E-state index contributed by atoms with van der Waals surface area (Å²) in [5.74, 6) is 1.00. The molecule has 3 heterocycles. The van der Waals surface area contributed by atoms with Crippen molar-refractivity contribution in [3.05, 3.63) is 24.3 Å². The van der Waals surface area contributed by atoms with Crippen molar-refractivity contribution < 1.29 is 14.3 Å². The van der Waals surface area contributed by atoms with Crippen molar-refractivity contribution in [1.29, 1.82) is 0 Å². The smallest absolute Gasteiger partial charge is 0.241 e. The van der Waals surface area contributed by atoms with E-state index in [4.69, 9.17) is 9.47 Å². The molecule has 3 aliphatic rings. The highest BCUT2D eigenvalue weighted by Crippen LogP contribution is 2.31. The monoisotopic (exact) mass is 359 g/mol. The second-order valence-electron chi connectivity index (χ2n) is 7.39. The Labute approximate surface area is 155 Å². The molecule has 26 heavy (non-hydrogen) atoms. The SMILES string of the molecule is O=C(CN1CCCCC1CN1CCOCC1)N1CCOc2ccccc21. The van der Waals surface area contributed by atoms with Crippen molar-refractivity contribution in [2.45, 2.75) is 25.3 Å². The number of benzene rings is 1. The maximum absolute atomic E-state index is 13.1. The third-order valence-electron chi connectivity index (χ3n) is 5.69. The molecule has 2 fully saturated rings. The molecule has 0 bridgehead atoms. The number of nitrogens with zero attached hydrogens (tertiary/aromatic N) is 3. The molecule has 6 heteroatoms. The van der Waals surface area contributed by atoms with E-state index in [-0.39, 0.29) is 5.91 Å². The fourth-order valence-corrected chi connectivity index (χ4v) is 4.24. The predicted molar refractivity (Wildman–Crippen MR) is 101 cm³/mol. The molecule has 0 saturated carbocycles. The molecule has 0 aromatic heterocycles. The van der Waals surface area contributed by atoms with Gasteiger partial charge in [-0.15, -0.1) is 0 Å². The van der Waals surface area contributed by atoms with Crippen LogP contribution in [-0.2, 0) is 9.53 Å². The van der Waals surface area contributed by atoms with E-state index in [1.165, 1.54) is 19.3 Å². The van der Waals surface area contributed by atoms with Crippen molar-refractivity contribution >= 4 is 11.6 Å². The van der Waals surface area contributed by atoms with Crippen LogP contribution in [-0.4, -0.2) is 80.8 Å². The number of fused-ring (bicyclic) bond motifs is 1. The van der Waals surface area contributed by atoms with Crippen molar-refractivity contribution in [3.8, 4) is 5.75 Å². The Balaban J connectivity index is 1.40. The van der Waals surface area contributed by atoms with Gasteiger partial charge in [-0.3, -0.25) is 14.6 Å². The normalized spacial score (nSPS) is 24.8. The number of amides is 1. The Hall–Kier alpha value is -1.63. The van der Waals surface area contributed by atoms with E-state index in [0.29, 0.717) is 25.7 Å². The molecular weight excluding hydrogens is 330 g/mol. The lowest BCUT2D eigenvalue weighted by atomic mass is 10.0. The Morgan fingerprint density at radius 2 is 1.88 bits per heavy atom. The van der Waals surface area contributed by atoms with Gasteiger partial charge in [-0.2, -0.15) is 0 Å². The predicted octanol–water partition coefficient (Wildman–Crippen LogP) is 1.60. The van der Waals surface area contributed by atoms with Crippen LogP contribution in [0.2, 0.25) is 0 Å². The van der Waals surface area contributed by atoms with Crippen LogP contribution >= 0.6 is 0 Å². The maximum atomic E-state index is 13.1. The molecule has 1 unspecified atom stereocenters. The molecule has 2 saturated heterocycles. The summed E-state index contributed by atoms with van der Waals surface area (Å²) in [4.78, 5) is 19.9. The fraction of sp³-hybridized carbons (Fsp3) is 0.650. The van der Waals surface area contributed by atoms with Crippen LogP contribution in [0.25, 0.3) is 0 Å². The van der Waals surface area contributed by atoms with Gasteiger partial charge in [-0.25, -0.2) is 0 Å². The van der Waals surface area contributed by atoms with Crippen molar-refractivity contribution in [1.82, 2.24) is 9.80 Å². The summed E-state index contributed by atoms with van der Waals surface area (Å²) in [5.41, 5.74) is 0.908. The largest absolute Gasteiger partial charge is 0.490 e. The molecule has 4 rings (SSSR count). The Bertz CT molecular complexity index is 618. The quantitative estimate of drug-likeness (QED) is 0.817. The van der Waals surface area contributed by atoms with Crippen molar-refractivity contribution in [3.63, 3.8) is 0 Å². The van der Waals surface area contributed by atoms with Crippen LogP contribution in [0.5, 0.6) is 5.75 Å². The first kappa shape index (κ1) is 17.8. The van der Waals surface area contributed by atoms with Crippen LogP contribution < -0.4 is 9.64 Å². The molecule has 0 aliphatic carbocycles. The van der Waals surface area contributed by atoms with Gasteiger partial charge in [-0.05, 0) is 31.5 Å². The van der Waals surface area contributed by atoms with Gasteiger partial charge in [0.25, 0.3) is 0 Å². The van der Waals surface area contributed by atoms with Gasteiger partial charge in [0.15, 0.2) is 0 Å². The first-order valence-corrected chi connectivity index (χ1v) is 9.87. The minimum atomic E-state index is 0.189. The summed E-state index contributed by atoms with van der Waals surface area (Å²) in [7, 11) is 0. The topological polar surface area (TPSA) is 45.2 Å². The summed E-state index contributed by atoms with van der Waals surface area (Å²) in [6, 6.07) is 8.32. The highest BCUT2D eigenvalue weighted by atomic mass is 16.5. The second kappa shape index (κ2) is 8.37. The average molecular weight is 359 g/mol. The van der Waals surface area contributed by atoms with E-state index in [9.17, 15) is 4.79 Å². The first-order valence-electron chi connectivity index (χ1n) is 9.87. The number of rotatable bonds is 4. The number of piperidine rings is 1. The number of carbonyl (C=O) groups excluding carboxylic acids is 1. The first-order chi connectivity index (χ1) is 12.8. The van der Waals surface area contributed by atoms with E-state index in [1.807, 2.05) is 29.2 Å². The highest BCUT2D eigenvalue weighted by Gasteiger charge is 2.30. The van der Waals surface area contributed by atoms with Gasteiger partial charge in [0, 0.05) is 25.7 Å². The van der Waals surface area contributed by atoms with Crippen LogP contribution in [0, 0.1) is 0 Å². The van der Waals surface area contributed by atoms with Crippen LogP contribution in [0.4, 0.5) is 5.69 Å². The van der Waals surface area contributed by atoms with Gasteiger partial charge < -0.3 is 14.4 Å². The number of anilines is 1. The van der Waals surface area contributed by atoms with E-state index >= 15 is 0 Å². The van der Waals surface area contributed by atoms with Gasteiger partial charge in [0.1, 0.15) is 12.4 Å². The lowest BCUT2D eigenvalue weighted by Crippen LogP contribution is -2.53. The number of carbonyl (C=O) groups is 1. The Kier molecular flexibility index (Phi) is 5.72. The minimum Gasteiger partial charge on any atom is -0.490 e. The van der Waals surface area contributed by atoms with Gasteiger partial charge in [0.2, 0.25) is 5.91 Å². The number of hydrogen-bond acceptors (Lipinski definition) is 5. The zero-order valence-corrected chi connectivity index (χ0v) is 15.4. The number of para-hydroxylation sites is 2. The van der Waals surface area contributed by atoms with Crippen molar-refractivity contribution in [2.24, 2.45) is 0 Å². The lowest BCUT2D eigenvalue weighted by molar-refractivity contribution is -0.121. The van der Waals surface area contributed by atoms with Gasteiger partial charge in [0.05, 0.1) is 32.0 Å². The molecule has 142 valence electrons. The summed E-state index contributed by atoms with van der Waals surface area (Å²) in [5, 5.41) is 0. The molecule has 0 radical (unpaired) electrons. The summed E-state index contributed by atoms with van der Waals surface area (Å²) >= 11 is 0. The zero-order chi connectivity index (χ0) is 17.8. The molecule has 6 nitrogen and oxygen atoms in total. The molecule has 1 aromatic carbocycles. The van der Waals surface area contributed by atoms with Gasteiger partial charge >= 0.3 is 0 Å². The van der Waals surface area contributed by atoms with Crippen LogP contribution in [0.3, 0.4) is 0 Å². The molecule has 1 aromatic rings. The summed E-state index contributed by atoms with van der Waals surface area (Å²) in [6.07, 6.45) is 3.64. The Morgan fingerprint density at radius 1 is 1.04 bits per heavy atom. The van der Waals surface area contributed by atoms with Crippen molar-refractivity contribution in [2.75, 3.05) is 64.0 Å². The Morgan fingerprint density at radius 3 is 2.77 bits per heavy atom. The van der Waals surface area contributed by atoms with E-state index in [0.717, 1.165) is 50.8 Å². The number of hydrogen-bond donors (Lipinski definition) is 0. The summed E-state index contributed by atoms with van der Waals surface area (Å²) in [6.45, 7) is 7.46. The van der Waals surface area contributed by atoms with Crippen LogP contribution in [0.15, 0.2) is 24.3 Å². The van der Waals surface area contributed by atoms with Crippen LogP contribution in [0.1, 0.15) is 19.3 Å². The average Bonchev–Trinajstić information content (AvgIpc) is 2.70. The molecule has 1 amide bonds. The zero-order valence-electron chi connectivity index (χ0n) is 15.4. The van der Waals surface area contributed by atoms with Gasteiger partial charge in [-0.1, -0.05) is 18.6 Å². The van der Waals surface area contributed by atoms with E-state index in [2.05, 4.69) is 9.80 Å². The standard InChI is InChI=1S/C20H29N3O3/c24-20(23-11-14-26-19-7-2-1-6-18(19)23)16-22-8-4-3-5-17(22)15-21-9-12-25-13-10-21/h1-2,6-7,17H,3-5,8-16H2. The molecule has 0 N–H and O–H groups in total. The summed E-state index contributed by atoms with van der Waals surface area (Å²) < 4.78 is 11.2. The van der Waals surface area contributed by atoms with E-state index < -0.39 is 0 Å². The highest BCUT2D eigenvalue weighted by molar-refractivity contribution is 5.96. The lowest BCUT2D eigenvalue weighted by Gasteiger charge is -2.40. The minimum absolute atomic E-state index is 0.189. The third-order valence-corrected chi connectivity index (χ3v) is 5.69. The third kappa shape index (κ3) is 4.03. The molecular formula is C20H29N3O3. The molecule has 0 spiro atoms. The second-order valence-corrected chi connectivity index (χ2v) is 7.39. The molecule has 3 aliphatic heterocycles. The maximum Gasteiger partial charge on any atom is 0.241 e. The van der Waals surface area contributed by atoms with E-state index in [1.54, 1.807) is 0 Å². The number of morpholine rings is 1. The fourth-order valence-electron chi connectivity index (χ4n) is 4.24.